The molecular formula is C13H18ClN3O3. The van der Waals surface area contributed by atoms with Crippen LogP contribution in [0.5, 0.6) is 11.5 Å². The Kier molecular flexibility index (Phi) is 4.69. The number of carbonyl (C=O) groups is 1. The molecule has 3 N–H and O–H groups in total. The summed E-state index contributed by atoms with van der Waals surface area (Å²) in [6.07, 6.45) is 0.956. The van der Waals surface area contributed by atoms with Crippen LogP contribution in [0.25, 0.3) is 0 Å². The molecule has 1 saturated heterocycles. The lowest BCUT2D eigenvalue weighted by molar-refractivity contribution is -0.117. The van der Waals surface area contributed by atoms with E-state index >= 15 is 0 Å². The fourth-order valence-electron chi connectivity index (χ4n) is 2.38. The Morgan fingerprint density at radius 3 is 2.95 bits per heavy atom. The van der Waals surface area contributed by atoms with E-state index < -0.39 is 0 Å². The van der Waals surface area contributed by atoms with Crippen molar-refractivity contribution in [2.45, 2.75) is 12.5 Å². The van der Waals surface area contributed by atoms with Gasteiger partial charge in [-0.25, -0.2) is 0 Å². The third-order valence-corrected chi connectivity index (χ3v) is 3.33. The topological polar surface area (TPSA) is 76.8 Å². The number of ether oxygens (including phenoxy) is 2. The number of rotatable bonds is 3. The molecule has 0 bridgehead atoms. The number of nitrogens with one attached hydrogen (secondary N) is 1. The predicted octanol–water partition coefficient (Wildman–Crippen LogP) is 0.809. The molecule has 1 fully saturated rings. The Labute approximate surface area is 123 Å². The second kappa shape index (κ2) is 6.30. The van der Waals surface area contributed by atoms with Crippen LogP contribution in [-0.2, 0) is 4.79 Å². The predicted molar refractivity (Wildman–Crippen MR) is 77.5 cm³/mol. The minimum atomic E-state index is -0.0343. The molecule has 0 aromatic heterocycles. The zero-order valence-electron chi connectivity index (χ0n) is 11.0. The maximum absolute atomic E-state index is 11.9. The molecule has 1 aromatic rings. The summed E-state index contributed by atoms with van der Waals surface area (Å²) in [4.78, 5) is 14.0. The van der Waals surface area contributed by atoms with Gasteiger partial charge in [0, 0.05) is 30.9 Å². The maximum atomic E-state index is 11.9. The number of fused-ring (bicyclic) bond motifs is 1. The van der Waals surface area contributed by atoms with Crippen molar-refractivity contribution in [3.05, 3.63) is 18.2 Å². The second-order valence-corrected chi connectivity index (χ2v) is 4.90. The van der Waals surface area contributed by atoms with Gasteiger partial charge in [-0.3, -0.25) is 9.69 Å². The summed E-state index contributed by atoms with van der Waals surface area (Å²) in [5.74, 6) is 1.34. The molecule has 3 rings (SSSR count). The molecule has 6 nitrogen and oxygen atoms in total. The van der Waals surface area contributed by atoms with Gasteiger partial charge in [0.2, 0.25) is 12.7 Å². The smallest absolute Gasteiger partial charge is 0.238 e. The van der Waals surface area contributed by atoms with Crippen LogP contribution in [0.15, 0.2) is 18.2 Å². The highest BCUT2D eigenvalue weighted by Gasteiger charge is 2.21. The molecule has 2 aliphatic rings. The Balaban J connectivity index is 0.00000147. The van der Waals surface area contributed by atoms with E-state index in [1.807, 2.05) is 0 Å². The van der Waals surface area contributed by atoms with E-state index in [4.69, 9.17) is 15.2 Å². The molecule has 20 heavy (non-hydrogen) atoms. The standard InChI is InChI=1S/C13H17N3O3.ClH/c14-9-3-4-16(6-9)7-13(17)15-10-1-2-11-12(5-10)19-8-18-11;/h1-2,5,9H,3-4,6-8,14H2,(H,15,17);1H/t9-;/m0./s1. The zero-order chi connectivity index (χ0) is 13.2. The molecule has 0 radical (unpaired) electrons. The highest BCUT2D eigenvalue weighted by molar-refractivity contribution is 5.92. The molecule has 1 aromatic carbocycles. The van der Waals surface area contributed by atoms with Crippen molar-refractivity contribution >= 4 is 24.0 Å². The summed E-state index contributed by atoms with van der Waals surface area (Å²) in [7, 11) is 0. The third kappa shape index (κ3) is 3.33. The van der Waals surface area contributed by atoms with Gasteiger partial charge in [-0.15, -0.1) is 12.4 Å². The third-order valence-electron chi connectivity index (χ3n) is 3.33. The molecule has 0 saturated carbocycles. The summed E-state index contributed by atoms with van der Waals surface area (Å²) in [5.41, 5.74) is 6.53. The highest BCUT2D eigenvalue weighted by Crippen LogP contribution is 2.34. The van der Waals surface area contributed by atoms with E-state index in [0.29, 0.717) is 18.0 Å². The van der Waals surface area contributed by atoms with Crippen LogP contribution in [0, 0.1) is 0 Å². The molecule has 0 spiro atoms. The van der Waals surface area contributed by atoms with Crippen LogP contribution in [-0.4, -0.2) is 43.3 Å². The minimum absolute atomic E-state index is 0. The molecule has 1 amide bonds. The van der Waals surface area contributed by atoms with Gasteiger partial charge < -0.3 is 20.5 Å². The number of anilines is 1. The van der Waals surface area contributed by atoms with Gasteiger partial charge in [0.15, 0.2) is 11.5 Å². The summed E-state index contributed by atoms with van der Waals surface area (Å²) in [6.45, 7) is 2.28. The average molecular weight is 300 g/mol. The monoisotopic (exact) mass is 299 g/mol. The normalized spacial score (nSPS) is 20.6. The van der Waals surface area contributed by atoms with Crippen LogP contribution >= 0.6 is 12.4 Å². The average Bonchev–Trinajstić information content (AvgIpc) is 2.97. The molecule has 2 heterocycles. The van der Waals surface area contributed by atoms with Gasteiger partial charge in [0.1, 0.15) is 0 Å². The summed E-state index contributed by atoms with van der Waals surface area (Å²) in [6, 6.07) is 5.57. The van der Waals surface area contributed by atoms with Crippen molar-refractivity contribution < 1.29 is 14.3 Å². The lowest BCUT2D eigenvalue weighted by Crippen LogP contribution is -2.33. The van der Waals surface area contributed by atoms with E-state index in [0.717, 1.165) is 25.2 Å². The number of nitrogens with two attached hydrogens (primary N) is 1. The Bertz CT molecular complexity index is 498. The lowest BCUT2D eigenvalue weighted by atomic mass is 10.2. The van der Waals surface area contributed by atoms with Crippen molar-refractivity contribution in [3.8, 4) is 11.5 Å². The molecule has 0 aliphatic carbocycles. The van der Waals surface area contributed by atoms with Crippen LogP contribution in [0.3, 0.4) is 0 Å². The van der Waals surface area contributed by atoms with Gasteiger partial charge in [-0.1, -0.05) is 0 Å². The number of nitrogens with zero attached hydrogens (tertiary/aromatic N) is 1. The van der Waals surface area contributed by atoms with E-state index in [9.17, 15) is 4.79 Å². The number of halogens is 1. The second-order valence-electron chi connectivity index (χ2n) is 4.90. The number of amides is 1. The first-order valence-electron chi connectivity index (χ1n) is 6.38. The van der Waals surface area contributed by atoms with Crippen LogP contribution in [0.1, 0.15) is 6.42 Å². The number of hydrogen-bond acceptors (Lipinski definition) is 5. The lowest BCUT2D eigenvalue weighted by Gasteiger charge is -2.14. The van der Waals surface area contributed by atoms with Crippen molar-refractivity contribution in [1.82, 2.24) is 4.90 Å². The first kappa shape index (κ1) is 14.9. The van der Waals surface area contributed by atoms with Crippen LogP contribution in [0.2, 0.25) is 0 Å². The SMILES string of the molecule is Cl.N[C@H]1CCN(CC(=O)Nc2ccc3c(c2)OCO3)C1. The van der Waals surface area contributed by atoms with Gasteiger partial charge in [0.05, 0.1) is 6.54 Å². The number of benzene rings is 1. The summed E-state index contributed by atoms with van der Waals surface area (Å²) < 4.78 is 10.5. The number of likely N-dealkylation sites (tertiary alicyclic amines) is 1. The zero-order valence-corrected chi connectivity index (χ0v) is 11.8. The van der Waals surface area contributed by atoms with Gasteiger partial charge >= 0.3 is 0 Å². The van der Waals surface area contributed by atoms with Gasteiger partial charge in [-0.2, -0.15) is 0 Å². The Morgan fingerprint density at radius 1 is 1.40 bits per heavy atom. The van der Waals surface area contributed by atoms with E-state index in [-0.39, 0.29) is 31.1 Å². The number of carbonyl (C=O) groups excluding carboxylic acids is 1. The quantitative estimate of drug-likeness (QED) is 0.864. The summed E-state index contributed by atoms with van der Waals surface area (Å²) in [5, 5.41) is 2.86. The van der Waals surface area contributed by atoms with Gasteiger partial charge in [-0.05, 0) is 18.6 Å². The van der Waals surface area contributed by atoms with Crippen LogP contribution < -0.4 is 20.5 Å². The first-order chi connectivity index (χ1) is 9.20. The fourth-order valence-corrected chi connectivity index (χ4v) is 2.38. The Hall–Kier alpha value is -1.50. The van der Waals surface area contributed by atoms with Crippen molar-refractivity contribution in [1.29, 1.82) is 0 Å². The van der Waals surface area contributed by atoms with E-state index in [1.165, 1.54) is 0 Å². The van der Waals surface area contributed by atoms with E-state index in [2.05, 4.69) is 10.2 Å². The van der Waals surface area contributed by atoms with E-state index in [1.54, 1.807) is 18.2 Å². The van der Waals surface area contributed by atoms with Gasteiger partial charge in [0.25, 0.3) is 0 Å². The van der Waals surface area contributed by atoms with Crippen molar-refractivity contribution in [3.63, 3.8) is 0 Å². The molecule has 2 aliphatic heterocycles. The van der Waals surface area contributed by atoms with Crippen molar-refractivity contribution in [2.75, 3.05) is 31.7 Å². The highest BCUT2D eigenvalue weighted by atomic mass is 35.5. The summed E-state index contributed by atoms with van der Waals surface area (Å²) >= 11 is 0. The Morgan fingerprint density at radius 2 is 2.20 bits per heavy atom. The molecule has 7 heteroatoms. The maximum Gasteiger partial charge on any atom is 0.238 e. The molecule has 110 valence electrons. The van der Waals surface area contributed by atoms with Crippen molar-refractivity contribution in [2.24, 2.45) is 5.73 Å². The number of hydrogen-bond donors (Lipinski definition) is 2. The molecule has 0 unspecified atom stereocenters. The fraction of sp³-hybridized carbons (Fsp3) is 0.462. The first-order valence-corrected chi connectivity index (χ1v) is 6.38. The minimum Gasteiger partial charge on any atom is -0.454 e. The van der Waals surface area contributed by atoms with Crippen LogP contribution in [0.4, 0.5) is 5.69 Å². The molecule has 1 atom stereocenters. The largest absolute Gasteiger partial charge is 0.454 e. The molecular weight excluding hydrogens is 282 g/mol.